The van der Waals surface area contributed by atoms with Crippen LogP contribution in [0, 0.1) is 0 Å². The Kier molecular flexibility index (Phi) is 3.89. The van der Waals surface area contributed by atoms with Crippen molar-refractivity contribution in [1.29, 1.82) is 0 Å². The minimum Gasteiger partial charge on any atom is -0.470 e. The van der Waals surface area contributed by atoms with Crippen LogP contribution in [0.3, 0.4) is 0 Å². The molecular weight excluding hydrogens is 400 g/mol. The third kappa shape index (κ3) is 2.83. The Morgan fingerprint density at radius 1 is 1.07 bits per heavy atom. The van der Waals surface area contributed by atoms with Crippen LogP contribution in [0.15, 0.2) is 30.3 Å². The van der Waals surface area contributed by atoms with Crippen molar-refractivity contribution in [3.05, 3.63) is 35.4 Å². The summed E-state index contributed by atoms with van der Waals surface area (Å²) in [5, 5.41) is 10.4. The summed E-state index contributed by atoms with van der Waals surface area (Å²) in [7, 11) is 0. The maximum atomic E-state index is 9.87. The van der Waals surface area contributed by atoms with Crippen molar-refractivity contribution in [3.63, 3.8) is 0 Å². The molecule has 3 aliphatic rings. The number of rotatable bonds is 3. The van der Waals surface area contributed by atoms with Crippen LogP contribution < -0.4 is 14.2 Å². The van der Waals surface area contributed by atoms with Crippen LogP contribution in [-0.2, 0) is 9.47 Å². The Morgan fingerprint density at radius 3 is 2.86 bits per heavy atom. The normalized spacial score (nSPS) is 27.5. The molecular formula is C20H17ClN2O6. The number of aromatic amines is 1. The molecule has 8 nitrogen and oxygen atoms in total. The number of ether oxygens (including phenoxy) is 5. The van der Waals surface area contributed by atoms with Gasteiger partial charge in [0.15, 0.2) is 23.5 Å². The highest BCUT2D eigenvalue weighted by atomic mass is 35.5. The summed E-state index contributed by atoms with van der Waals surface area (Å²) >= 11 is 6.49. The van der Waals surface area contributed by atoms with E-state index in [4.69, 9.17) is 40.3 Å². The number of benzene rings is 1. The van der Waals surface area contributed by atoms with Gasteiger partial charge in [-0.3, -0.25) is 0 Å². The van der Waals surface area contributed by atoms with Crippen molar-refractivity contribution in [3.8, 4) is 28.6 Å². The topological polar surface area (TPSA) is 95.1 Å². The van der Waals surface area contributed by atoms with Crippen LogP contribution in [0.4, 0.5) is 0 Å². The second-order valence-electron chi connectivity index (χ2n) is 7.27. The maximum Gasteiger partial charge on any atom is 0.231 e. The molecule has 0 spiro atoms. The van der Waals surface area contributed by atoms with Crippen LogP contribution in [0.2, 0.25) is 5.02 Å². The van der Waals surface area contributed by atoms with Gasteiger partial charge in [-0.25, -0.2) is 4.98 Å². The smallest absolute Gasteiger partial charge is 0.231 e. The molecule has 6 rings (SSSR count). The van der Waals surface area contributed by atoms with Gasteiger partial charge in [0.25, 0.3) is 0 Å². The van der Waals surface area contributed by atoms with E-state index in [1.165, 1.54) is 0 Å². The standard InChI is InChI=1S/C20H17ClN2O6/c21-10-4-11-12(23-18(10)9-1-2-14-15(3-9)28-8-27-14)5-17(22-11)29-16-7-26-19-13(24)6-25-20(16)19/h1-5,13,16,19-20,22,24H,6-8H2. The zero-order valence-corrected chi connectivity index (χ0v) is 15.9. The van der Waals surface area contributed by atoms with Gasteiger partial charge in [-0.15, -0.1) is 0 Å². The predicted molar refractivity (Wildman–Crippen MR) is 103 cm³/mol. The summed E-state index contributed by atoms with van der Waals surface area (Å²) in [4.78, 5) is 7.89. The fraction of sp³-hybridized carbons (Fsp3) is 0.350. The molecule has 3 aromatic rings. The summed E-state index contributed by atoms with van der Waals surface area (Å²) in [6.45, 7) is 0.835. The lowest BCUT2D eigenvalue weighted by molar-refractivity contribution is 0.00794. The summed E-state index contributed by atoms with van der Waals surface area (Å²) < 4.78 is 28.1. The number of nitrogens with zero attached hydrogens (tertiary/aromatic N) is 1. The summed E-state index contributed by atoms with van der Waals surface area (Å²) in [5.41, 5.74) is 2.97. The molecule has 2 saturated heterocycles. The van der Waals surface area contributed by atoms with E-state index in [2.05, 4.69) is 4.98 Å². The SMILES string of the molecule is OC1COC2C(Oc3cc4nc(-c5ccc6c(c5)OCO6)c(Cl)cc4[nH]3)COC12. The third-order valence-electron chi connectivity index (χ3n) is 5.44. The van der Waals surface area contributed by atoms with E-state index in [1.807, 2.05) is 30.3 Å². The first kappa shape index (κ1) is 17.3. The van der Waals surface area contributed by atoms with Crippen LogP contribution in [0.5, 0.6) is 17.4 Å². The maximum absolute atomic E-state index is 9.87. The minimum absolute atomic E-state index is 0.213. The van der Waals surface area contributed by atoms with Gasteiger partial charge in [-0.1, -0.05) is 11.6 Å². The molecule has 2 fully saturated rings. The number of aliphatic hydroxyl groups is 1. The van der Waals surface area contributed by atoms with Crippen LogP contribution in [-0.4, -0.2) is 59.5 Å². The second kappa shape index (κ2) is 6.50. The van der Waals surface area contributed by atoms with E-state index in [-0.39, 0.29) is 31.7 Å². The van der Waals surface area contributed by atoms with Gasteiger partial charge in [0.2, 0.25) is 6.79 Å². The molecule has 0 amide bonds. The molecule has 0 radical (unpaired) electrons. The number of fused-ring (bicyclic) bond motifs is 3. The Bertz CT molecular complexity index is 1100. The molecule has 4 atom stereocenters. The van der Waals surface area contributed by atoms with Crippen molar-refractivity contribution in [2.45, 2.75) is 24.4 Å². The van der Waals surface area contributed by atoms with Gasteiger partial charge in [-0.2, -0.15) is 0 Å². The molecule has 3 aliphatic heterocycles. The van der Waals surface area contributed by atoms with Crippen molar-refractivity contribution >= 4 is 22.6 Å². The highest BCUT2D eigenvalue weighted by Crippen LogP contribution is 2.38. The van der Waals surface area contributed by atoms with Crippen molar-refractivity contribution in [2.24, 2.45) is 0 Å². The van der Waals surface area contributed by atoms with Gasteiger partial charge >= 0.3 is 0 Å². The molecule has 0 bridgehead atoms. The number of hydrogen-bond acceptors (Lipinski definition) is 7. The summed E-state index contributed by atoms with van der Waals surface area (Å²) in [5.74, 6) is 1.93. The number of nitrogens with one attached hydrogen (secondary N) is 1. The van der Waals surface area contributed by atoms with E-state index < -0.39 is 6.10 Å². The largest absolute Gasteiger partial charge is 0.470 e. The van der Waals surface area contributed by atoms with Gasteiger partial charge in [0, 0.05) is 11.6 Å². The lowest BCUT2D eigenvalue weighted by atomic mass is 10.1. The molecule has 5 heterocycles. The predicted octanol–water partition coefficient (Wildman–Crippen LogP) is 2.52. The highest BCUT2D eigenvalue weighted by Gasteiger charge is 2.48. The summed E-state index contributed by atoms with van der Waals surface area (Å²) in [6.07, 6.45) is -1.53. The average molecular weight is 417 g/mol. The highest BCUT2D eigenvalue weighted by molar-refractivity contribution is 6.33. The Hall–Kier alpha value is -2.52. The van der Waals surface area contributed by atoms with Gasteiger partial charge in [-0.05, 0) is 24.3 Å². The van der Waals surface area contributed by atoms with Crippen LogP contribution in [0.25, 0.3) is 22.3 Å². The molecule has 1 aromatic carbocycles. The molecule has 150 valence electrons. The Morgan fingerprint density at radius 2 is 1.93 bits per heavy atom. The Labute approximate surface area is 170 Å². The molecule has 0 aliphatic carbocycles. The van der Waals surface area contributed by atoms with Crippen molar-refractivity contribution in [1.82, 2.24) is 9.97 Å². The van der Waals surface area contributed by atoms with E-state index in [9.17, 15) is 5.11 Å². The number of H-pyrrole nitrogens is 1. The molecule has 9 heteroatoms. The molecule has 4 unspecified atom stereocenters. The number of aromatic nitrogens is 2. The number of hydrogen-bond donors (Lipinski definition) is 2. The van der Waals surface area contributed by atoms with E-state index in [0.29, 0.717) is 34.7 Å². The van der Waals surface area contributed by atoms with E-state index in [1.54, 1.807) is 0 Å². The molecule has 2 N–H and O–H groups in total. The number of aliphatic hydroxyl groups excluding tert-OH is 1. The fourth-order valence-corrected chi connectivity index (χ4v) is 4.28. The van der Waals surface area contributed by atoms with Gasteiger partial charge < -0.3 is 33.8 Å². The monoisotopic (exact) mass is 416 g/mol. The molecule has 0 saturated carbocycles. The lowest BCUT2D eigenvalue weighted by Crippen LogP contribution is -2.34. The van der Waals surface area contributed by atoms with E-state index >= 15 is 0 Å². The van der Waals surface area contributed by atoms with Crippen molar-refractivity contribution < 1.29 is 28.8 Å². The zero-order chi connectivity index (χ0) is 19.5. The molecule has 2 aromatic heterocycles. The zero-order valence-electron chi connectivity index (χ0n) is 15.1. The second-order valence-corrected chi connectivity index (χ2v) is 7.68. The van der Waals surface area contributed by atoms with Crippen molar-refractivity contribution in [2.75, 3.05) is 20.0 Å². The van der Waals surface area contributed by atoms with Crippen LogP contribution in [0.1, 0.15) is 0 Å². The minimum atomic E-state index is -0.610. The third-order valence-corrected chi connectivity index (χ3v) is 5.73. The summed E-state index contributed by atoms with van der Waals surface area (Å²) in [6, 6.07) is 9.25. The first-order chi connectivity index (χ1) is 14.2. The Balaban J connectivity index is 1.30. The number of pyridine rings is 1. The van der Waals surface area contributed by atoms with Crippen LogP contribution >= 0.6 is 11.6 Å². The van der Waals surface area contributed by atoms with Gasteiger partial charge in [0.1, 0.15) is 18.3 Å². The molecule has 29 heavy (non-hydrogen) atoms. The van der Waals surface area contributed by atoms with E-state index in [0.717, 1.165) is 16.6 Å². The average Bonchev–Trinajstić information content (AvgIpc) is 3.47. The number of halogens is 1. The fourth-order valence-electron chi connectivity index (χ4n) is 4.02. The quantitative estimate of drug-likeness (QED) is 0.677. The first-order valence-electron chi connectivity index (χ1n) is 9.33. The van der Waals surface area contributed by atoms with Gasteiger partial charge in [0.05, 0.1) is 35.0 Å². The first-order valence-corrected chi connectivity index (χ1v) is 9.71. The lowest BCUT2D eigenvalue weighted by Gasteiger charge is -2.16.